The number of benzene rings is 1. The van der Waals surface area contributed by atoms with Crippen LogP contribution in [0.25, 0.3) is 0 Å². The van der Waals surface area contributed by atoms with Gasteiger partial charge in [0, 0.05) is 18.7 Å². The monoisotopic (exact) mass is 250 g/mol. The fourth-order valence-corrected chi connectivity index (χ4v) is 1.41. The van der Waals surface area contributed by atoms with Crippen LogP contribution in [0.2, 0.25) is 0 Å². The number of rotatable bonds is 4. The van der Waals surface area contributed by atoms with Gasteiger partial charge in [-0.25, -0.2) is 4.39 Å². The van der Waals surface area contributed by atoms with Crippen LogP contribution >= 0.6 is 0 Å². The van der Waals surface area contributed by atoms with Crippen LogP contribution in [0.5, 0.6) is 0 Å². The van der Waals surface area contributed by atoms with Crippen LogP contribution < -0.4 is 11.1 Å². The van der Waals surface area contributed by atoms with Crippen molar-refractivity contribution in [1.82, 2.24) is 15.5 Å². The lowest BCUT2D eigenvalue weighted by Crippen LogP contribution is -2.26. The summed E-state index contributed by atoms with van der Waals surface area (Å²) in [5.74, 6) is -0.453. The molecule has 0 saturated carbocycles. The van der Waals surface area contributed by atoms with Gasteiger partial charge in [-0.1, -0.05) is 5.16 Å². The van der Waals surface area contributed by atoms with Crippen LogP contribution in [0.4, 0.5) is 10.1 Å². The summed E-state index contributed by atoms with van der Waals surface area (Å²) in [5.41, 5.74) is 5.93. The number of nitrogens with zero attached hydrogens (tertiary/aromatic N) is 2. The maximum atomic E-state index is 13.0. The van der Waals surface area contributed by atoms with Crippen molar-refractivity contribution < 1.29 is 13.7 Å². The van der Waals surface area contributed by atoms with Crippen molar-refractivity contribution in [3.8, 4) is 0 Å². The molecule has 6 nitrogen and oxygen atoms in total. The van der Waals surface area contributed by atoms with Gasteiger partial charge in [-0.15, -0.1) is 0 Å². The molecule has 0 bridgehead atoms. The van der Waals surface area contributed by atoms with Crippen molar-refractivity contribution in [1.29, 1.82) is 0 Å². The van der Waals surface area contributed by atoms with E-state index in [0.717, 1.165) is 6.07 Å². The fraction of sp³-hybridized carbons (Fsp3) is 0.182. The highest BCUT2D eigenvalue weighted by Crippen LogP contribution is 2.12. The molecule has 3 N–H and O–H groups in total. The summed E-state index contributed by atoms with van der Waals surface area (Å²) in [5, 5.41) is 6.19. The number of carbonyl (C=O) groups is 1. The molecule has 2 aromatic rings. The summed E-state index contributed by atoms with van der Waals surface area (Å²) in [6.07, 6.45) is 1.64. The Hall–Kier alpha value is -2.44. The Morgan fingerprint density at radius 1 is 1.50 bits per heavy atom. The van der Waals surface area contributed by atoms with Gasteiger partial charge in [-0.3, -0.25) is 4.79 Å². The molecule has 0 atom stereocenters. The van der Waals surface area contributed by atoms with Crippen molar-refractivity contribution in [3.63, 3.8) is 0 Å². The van der Waals surface area contributed by atoms with Gasteiger partial charge in [0.25, 0.3) is 5.91 Å². The lowest BCUT2D eigenvalue weighted by Gasteiger charge is -2.06. The topological polar surface area (TPSA) is 94.0 Å². The van der Waals surface area contributed by atoms with Crippen LogP contribution in [0.1, 0.15) is 16.2 Å². The average Bonchev–Trinajstić information content (AvgIpc) is 2.85. The van der Waals surface area contributed by atoms with E-state index in [1.54, 1.807) is 0 Å². The van der Waals surface area contributed by atoms with E-state index in [1.807, 2.05) is 0 Å². The zero-order valence-corrected chi connectivity index (χ0v) is 9.39. The van der Waals surface area contributed by atoms with Crippen LogP contribution in [0.3, 0.4) is 0 Å². The highest BCUT2D eigenvalue weighted by atomic mass is 19.1. The van der Waals surface area contributed by atoms with E-state index in [4.69, 9.17) is 5.73 Å². The van der Waals surface area contributed by atoms with Gasteiger partial charge in [0.15, 0.2) is 5.82 Å². The molecule has 1 amide bonds. The predicted octanol–water partition coefficient (Wildman–Crippen LogP) is 0.763. The molecule has 94 valence electrons. The standard InChI is InChI=1S/C11H11FN4O2/c12-7-1-2-9(13)8(5-7)11(17)14-4-3-10-15-6-18-16-10/h1-2,5-6H,3-4,13H2,(H,14,17). The summed E-state index contributed by atoms with van der Waals surface area (Å²) >= 11 is 0. The van der Waals surface area contributed by atoms with Gasteiger partial charge in [0.1, 0.15) is 5.82 Å². The van der Waals surface area contributed by atoms with E-state index in [0.29, 0.717) is 18.8 Å². The Balaban J connectivity index is 1.93. The smallest absolute Gasteiger partial charge is 0.253 e. The first-order valence-electron chi connectivity index (χ1n) is 5.25. The molecule has 1 aromatic carbocycles. The third-order valence-electron chi connectivity index (χ3n) is 2.30. The van der Waals surface area contributed by atoms with E-state index in [1.165, 1.54) is 18.5 Å². The number of hydrogen-bond acceptors (Lipinski definition) is 5. The number of hydrogen-bond donors (Lipinski definition) is 2. The summed E-state index contributed by atoms with van der Waals surface area (Å²) in [7, 11) is 0. The van der Waals surface area contributed by atoms with Gasteiger partial charge in [0.05, 0.1) is 5.56 Å². The number of halogens is 1. The number of carbonyl (C=O) groups excluding carboxylic acids is 1. The van der Waals surface area contributed by atoms with E-state index in [-0.39, 0.29) is 11.3 Å². The second-order valence-corrected chi connectivity index (χ2v) is 3.58. The molecule has 18 heavy (non-hydrogen) atoms. The zero-order chi connectivity index (χ0) is 13.0. The van der Waals surface area contributed by atoms with Crippen molar-refractivity contribution in [3.05, 3.63) is 41.8 Å². The molecule has 0 aliphatic rings. The van der Waals surface area contributed by atoms with Crippen LogP contribution in [0.15, 0.2) is 29.1 Å². The highest BCUT2D eigenvalue weighted by Gasteiger charge is 2.10. The highest BCUT2D eigenvalue weighted by molar-refractivity contribution is 5.99. The van der Waals surface area contributed by atoms with Crippen LogP contribution in [0, 0.1) is 5.82 Å². The molecule has 7 heteroatoms. The van der Waals surface area contributed by atoms with Crippen LogP contribution in [-0.4, -0.2) is 22.6 Å². The SMILES string of the molecule is Nc1ccc(F)cc1C(=O)NCCc1ncon1. The lowest BCUT2D eigenvalue weighted by molar-refractivity contribution is 0.0954. The number of nitrogen functional groups attached to an aromatic ring is 1. The molecule has 0 spiro atoms. The first-order valence-corrected chi connectivity index (χ1v) is 5.25. The number of anilines is 1. The molecular weight excluding hydrogens is 239 g/mol. The van der Waals surface area contributed by atoms with Gasteiger partial charge < -0.3 is 15.6 Å². The average molecular weight is 250 g/mol. The molecule has 0 unspecified atom stereocenters. The molecule has 1 heterocycles. The summed E-state index contributed by atoms with van der Waals surface area (Å²) in [6, 6.07) is 3.65. The Morgan fingerprint density at radius 3 is 3.06 bits per heavy atom. The molecule has 1 aromatic heterocycles. The van der Waals surface area contributed by atoms with E-state index in [2.05, 4.69) is 20.0 Å². The Labute approximate surface area is 102 Å². The normalized spacial score (nSPS) is 10.3. The fourth-order valence-electron chi connectivity index (χ4n) is 1.41. The second-order valence-electron chi connectivity index (χ2n) is 3.58. The Morgan fingerprint density at radius 2 is 2.33 bits per heavy atom. The maximum Gasteiger partial charge on any atom is 0.253 e. The van der Waals surface area contributed by atoms with E-state index in [9.17, 15) is 9.18 Å². The van der Waals surface area contributed by atoms with E-state index < -0.39 is 11.7 Å². The van der Waals surface area contributed by atoms with Crippen LogP contribution in [-0.2, 0) is 6.42 Å². The van der Waals surface area contributed by atoms with Crippen molar-refractivity contribution in [2.75, 3.05) is 12.3 Å². The number of amides is 1. The van der Waals surface area contributed by atoms with Crippen molar-refractivity contribution >= 4 is 11.6 Å². The van der Waals surface area contributed by atoms with Gasteiger partial charge in [-0.05, 0) is 18.2 Å². The molecule has 0 fully saturated rings. The third-order valence-corrected chi connectivity index (χ3v) is 2.30. The molecule has 0 radical (unpaired) electrons. The largest absolute Gasteiger partial charge is 0.398 e. The number of nitrogens with two attached hydrogens (primary N) is 1. The van der Waals surface area contributed by atoms with Gasteiger partial charge in [0.2, 0.25) is 6.39 Å². The number of nitrogens with one attached hydrogen (secondary N) is 1. The first-order chi connectivity index (χ1) is 8.66. The Kier molecular flexibility index (Phi) is 3.52. The minimum absolute atomic E-state index is 0.114. The van der Waals surface area contributed by atoms with Crippen molar-refractivity contribution in [2.45, 2.75) is 6.42 Å². The molecule has 0 saturated heterocycles. The Bertz CT molecular complexity index is 542. The zero-order valence-electron chi connectivity index (χ0n) is 9.39. The molecule has 0 aliphatic carbocycles. The van der Waals surface area contributed by atoms with Gasteiger partial charge in [-0.2, -0.15) is 4.98 Å². The minimum atomic E-state index is -0.507. The van der Waals surface area contributed by atoms with E-state index >= 15 is 0 Å². The summed E-state index contributed by atoms with van der Waals surface area (Å²) in [6.45, 7) is 0.314. The summed E-state index contributed by atoms with van der Waals surface area (Å²) in [4.78, 5) is 15.5. The summed E-state index contributed by atoms with van der Waals surface area (Å²) < 4.78 is 17.5. The quantitative estimate of drug-likeness (QED) is 0.781. The third kappa shape index (κ3) is 2.82. The van der Waals surface area contributed by atoms with Gasteiger partial charge >= 0.3 is 0 Å². The maximum absolute atomic E-state index is 13.0. The molecular formula is C11H11FN4O2. The first kappa shape index (κ1) is 12.0. The van der Waals surface area contributed by atoms with Crippen molar-refractivity contribution in [2.24, 2.45) is 0 Å². The predicted molar refractivity (Wildman–Crippen MR) is 61.1 cm³/mol. The number of aromatic nitrogens is 2. The second kappa shape index (κ2) is 5.26. The minimum Gasteiger partial charge on any atom is -0.398 e. The molecule has 0 aliphatic heterocycles. The lowest BCUT2D eigenvalue weighted by atomic mass is 10.1. The molecule has 2 rings (SSSR count).